The van der Waals surface area contributed by atoms with Crippen LogP contribution in [0.4, 0.5) is 10.8 Å². The molecule has 0 atom stereocenters. The number of benzene rings is 2. The van der Waals surface area contributed by atoms with E-state index in [0.717, 1.165) is 24.1 Å². The largest absolute Gasteiger partial charge is 0.494 e. The van der Waals surface area contributed by atoms with E-state index in [1.807, 2.05) is 70.3 Å². The molecule has 0 aliphatic carbocycles. The van der Waals surface area contributed by atoms with Crippen molar-refractivity contribution in [2.75, 3.05) is 24.3 Å². The van der Waals surface area contributed by atoms with Gasteiger partial charge in [-0.1, -0.05) is 36.4 Å². The predicted molar refractivity (Wildman–Crippen MR) is 119 cm³/mol. The summed E-state index contributed by atoms with van der Waals surface area (Å²) in [5, 5.41) is 0.622. The highest BCUT2D eigenvalue weighted by Gasteiger charge is 2.21. The lowest BCUT2D eigenvalue weighted by Gasteiger charge is -2.22. The first-order valence-electron chi connectivity index (χ1n) is 9.33. The van der Waals surface area contributed by atoms with Gasteiger partial charge in [-0.2, -0.15) is 0 Å². The van der Waals surface area contributed by atoms with E-state index in [-0.39, 0.29) is 5.69 Å². The lowest BCUT2D eigenvalue weighted by Crippen LogP contribution is -2.30. The van der Waals surface area contributed by atoms with Gasteiger partial charge in [0.25, 0.3) is 5.91 Å². The van der Waals surface area contributed by atoms with Crippen LogP contribution in [0.3, 0.4) is 0 Å². The SMILES string of the molecule is Cc1sc(N(CCCOc2ccccc2)c2ccccc2)nc1C(=O)NS(C)(=O)=O. The molecule has 3 rings (SSSR count). The molecule has 0 saturated heterocycles. The van der Waals surface area contributed by atoms with Crippen LogP contribution in [-0.2, 0) is 10.0 Å². The van der Waals surface area contributed by atoms with E-state index >= 15 is 0 Å². The number of amides is 1. The van der Waals surface area contributed by atoms with E-state index in [0.29, 0.717) is 23.2 Å². The third-order valence-electron chi connectivity index (χ3n) is 4.12. The van der Waals surface area contributed by atoms with Crippen molar-refractivity contribution in [3.8, 4) is 5.75 Å². The number of hydrogen-bond donors (Lipinski definition) is 1. The molecule has 0 saturated carbocycles. The summed E-state index contributed by atoms with van der Waals surface area (Å²) in [5.41, 5.74) is 1.04. The first-order valence-corrected chi connectivity index (χ1v) is 12.0. The maximum Gasteiger partial charge on any atom is 0.284 e. The fourth-order valence-corrected chi connectivity index (χ4v) is 4.18. The Labute approximate surface area is 180 Å². The Hall–Kier alpha value is -2.91. The summed E-state index contributed by atoms with van der Waals surface area (Å²) in [5.74, 6) is 0.0894. The first kappa shape index (κ1) is 21.8. The number of nitrogens with zero attached hydrogens (tertiary/aromatic N) is 2. The summed E-state index contributed by atoms with van der Waals surface area (Å²) in [6, 6.07) is 19.3. The molecule has 0 bridgehead atoms. The molecule has 0 aliphatic heterocycles. The molecule has 2 aromatic carbocycles. The minimum absolute atomic E-state index is 0.113. The van der Waals surface area contributed by atoms with Crippen LogP contribution < -0.4 is 14.4 Å². The number of nitrogens with one attached hydrogen (secondary N) is 1. The molecule has 0 aliphatic rings. The Kier molecular flexibility index (Phi) is 7.07. The molecule has 3 aromatic rings. The summed E-state index contributed by atoms with van der Waals surface area (Å²) >= 11 is 1.34. The van der Waals surface area contributed by atoms with Gasteiger partial charge in [-0.05, 0) is 37.6 Å². The van der Waals surface area contributed by atoms with Crippen LogP contribution >= 0.6 is 11.3 Å². The summed E-state index contributed by atoms with van der Waals surface area (Å²) in [4.78, 5) is 19.4. The summed E-state index contributed by atoms with van der Waals surface area (Å²) < 4.78 is 30.6. The number of aromatic nitrogens is 1. The molecule has 0 fully saturated rings. The van der Waals surface area contributed by atoms with Gasteiger partial charge < -0.3 is 9.64 Å². The number of aryl methyl sites for hydroxylation is 1. The van der Waals surface area contributed by atoms with Crippen LogP contribution in [0, 0.1) is 6.92 Å². The van der Waals surface area contributed by atoms with Crippen LogP contribution in [0.2, 0.25) is 0 Å². The van der Waals surface area contributed by atoms with Gasteiger partial charge in [0, 0.05) is 17.1 Å². The van der Waals surface area contributed by atoms with Crippen molar-refractivity contribution in [3.63, 3.8) is 0 Å². The molecule has 1 aromatic heterocycles. The Bertz CT molecular complexity index is 1080. The maximum atomic E-state index is 12.3. The number of carbonyl (C=O) groups excluding carboxylic acids is 1. The molecule has 7 nitrogen and oxygen atoms in total. The standard InChI is InChI=1S/C21H23N3O4S2/c1-16-19(20(25)23-30(2,26)27)22-21(29-16)24(17-10-5-3-6-11-17)14-9-15-28-18-12-7-4-8-13-18/h3-8,10-13H,9,14-15H2,1-2H3,(H,23,25). The minimum atomic E-state index is -3.66. The second-order valence-corrected chi connectivity index (χ2v) is 9.54. The molecule has 0 radical (unpaired) electrons. The van der Waals surface area contributed by atoms with Gasteiger partial charge in [-0.15, -0.1) is 11.3 Å². The van der Waals surface area contributed by atoms with E-state index in [1.54, 1.807) is 6.92 Å². The van der Waals surface area contributed by atoms with E-state index in [4.69, 9.17) is 4.74 Å². The van der Waals surface area contributed by atoms with Crippen molar-refractivity contribution < 1.29 is 17.9 Å². The van der Waals surface area contributed by atoms with Crippen LogP contribution in [0.15, 0.2) is 60.7 Å². The molecule has 30 heavy (non-hydrogen) atoms. The minimum Gasteiger partial charge on any atom is -0.494 e. The van der Waals surface area contributed by atoms with Gasteiger partial charge in [-0.25, -0.2) is 18.1 Å². The Morgan fingerprint density at radius 1 is 1.10 bits per heavy atom. The van der Waals surface area contributed by atoms with Gasteiger partial charge in [0.1, 0.15) is 11.4 Å². The summed E-state index contributed by atoms with van der Waals surface area (Å²) in [6.07, 6.45) is 1.67. The van der Waals surface area contributed by atoms with Crippen molar-refractivity contribution in [1.82, 2.24) is 9.71 Å². The van der Waals surface area contributed by atoms with Crippen molar-refractivity contribution in [3.05, 3.63) is 71.2 Å². The topological polar surface area (TPSA) is 88.6 Å². The number of rotatable bonds is 9. The van der Waals surface area contributed by atoms with E-state index in [9.17, 15) is 13.2 Å². The third kappa shape index (κ3) is 6.04. The fraction of sp³-hybridized carbons (Fsp3) is 0.238. The Morgan fingerprint density at radius 3 is 2.37 bits per heavy atom. The number of thiazole rings is 1. The molecule has 9 heteroatoms. The molecule has 1 amide bonds. The summed E-state index contributed by atoms with van der Waals surface area (Å²) in [7, 11) is -3.66. The highest BCUT2D eigenvalue weighted by atomic mass is 32.2. The van der Waals surface area contributed by atoms with E-state index < -0.39 is 15.9 Å². The normalized spacial score (nSPS) is 11.1. The second-order valence-electron chi connectivity index (χ2n) is 6.61. The molecule has 0 spiro atoms. The highest BCUT2D eigenvalue weighted by Crippen LogP contribution is 2.31. The lowest BCUT2D eigenvalue weighted by atomic mass is 10.3. The van der Waals surface area contributed by atoms with Gasteiger partial charge in [0.2, 0.25) is 10.0 Å². The Morgan fingerprint density at radius 2 is 1.73 bits per heavy atom. The maximum absolute atomic E-state index is 12.3. The smallest absolute Gasteiger partial charge is 0.284 e. The number of sulfonamides is 1. The molecule has 0 unspecified atom stereocenters. The molecule has 158 valence electrons. The van der Waals surface area contributed by atoms with Crippen molar-refractivity contribution >= 4 is 38.1 Å². The quantitative estimate of drug-likeness (QED) is 0.505. The van der Waals surface area contributed by atoms with Crippen molar-refractivity contribution in [1.29, 1.82) is 0 Å². The number of para-hydroxylation sites is 2. The van der Waals surface area contributed by atoms with Crippen molar-refractivity contribution in [2.45, 2.75) is 13.3 Å². The number of hydrogen-bond acceptors (Lipinski definition) is 7. The van der Waals surface area contributed by atoms with Gasteiger partial charge in [0.05, 0.1) is 12.9 Å². The molecule has 1 N–H and O–H groups in total. The van der Waals surface area contributed by atoms with E-state index in [1.165, 1.54) is 11.3 Å². The molecule has 1 heterocycles. The van der Waals surface area contributed by atoms with Gasteiger partial charge in [0.15, 0.2) is 5.13 Å². The van der Waals surface area contributed by atoms with Crippen LogP contribution in [-0.4, -0.2) is 38.7 Å². The van der Waals surface area contributed by atoms with Crippen LogP contribution in [0.1, 0.15) is 21.8 Å². The van der Waals surface area contributed by atoms with Crippen LogP contribution in [0.25, 0.3) is 0 Å². The average molecular weight is 446 g/mol. The zero-order chi connectivity index (χ0) is 21.6. The first-order chi connectivity index (χ1) is 14.3. The van der Waals surface area contributed by atoms with Crippen LogP contribution in [0.5, 0.6) is 5.75 Å². The van der Waals surface area contributed by atoms with Crippen molar-refractivity contribution in [2.24, 2.45) is 0 Å². The summed E-state index contributed by atoms with van der Waals surface area (Å²) in [6.45, 7) is 2.90. The van der Waals surface area contributed by atoms with Gasteiger partial charge in [-0.3, -0.25) is 4.79 Å². The third-order valence-corrected chi connectivity index (χ3v) is 5.67. The van der Waals surface area contributed by atoms with Gasteiger partial charge >= 0.3 is 0 Å². The monoisotopic (exact) mass is 445 g/mol. The second kappa shape index (κ2) is 9.73. The Balaban J connectivity index is 1.76. The average Bonchev–Trinajstić information content (AvgIpc) is 3.09. The lowest BCUT2D eigenvalue weighted by molar-refractivity contribution is 0.0977. The number of anilines is 2. The predicted octanol–water partition coefficient (Wildman–Crippen LogP) is 3.75. The fourth-order valence-electron chi connectivity index (χ4n) is 2.80. The highest BCUT2D eigenvalue weighted by molar-refractivity contribution is 7.89. The number of ether oxygens (including phenoxy) is 1. The molecular weight excluding hydrogens is 422 g/mol. The zero-order valence-corrected chi connectivity index (χ0v) is 18.4. The zero-order valence-electron chi connectivity index (χ0n) is 16.7. The number of carbonyl (C=O) groups is 1. The van der Waals surface area contributed by atoms with E-state index in [2.05, 4.69) is 4.98 Å². The molecular formula is C21H23N3O4S2.